The lowest BCUT2D eigenvalue weighted by Crippen LogP contribution is -2.35. The van der Waals surface area contributed by atoms with Gasteiger partial charge in [0.2, 0.25) is 0 Å². The molecule has 3 aromatic carbocycles. The quantitative estimate of drug-likeness (QED) is 0.219. The molecule has 6 heteroatoms. The minimum Gasteiger partial charge on any atom is -0.469 e. The maximum absolute atomic E-state index is 13.7. The van der Waals surface area contributed by atoms with Gasteiger partial charge >= 0.3 is 5.97 Å². The van der Waals surface area contributed by atoms with Crippen LogP contribution in [0.1, 0.15) is 32.2 Å². The minimum absolute atomic E-state index is 0.327. The summed E-state index contributed by atoms with van der Waals surface area (Å²) in [6.07, 6.45) is 0. The summed E-state index contributed by atoms with van der Waals surface area (Å²) in [5.41, 5.74) is 1.19. The van der Waals surface area contributed by atoms with E-state index in [9.17, 15) is 14.4 Å². The van der Waals surface area contributed by atoms with Gasteiger partial charge in [0.05, 0.1) is 13.0 Å². The largest absolute Gasteiger partial charge is 0.469 e. The van der Waals surface area contributed by atoms with Crippen molar-refractivity contribution in [2.45, 2.75) is 5.92 Å². The van der Waals surface area contributed by atoms with Crippen LogP contribution in [0.5, 0.6) is 0 Å². The molecule has 0 heterocycles. The van der Waals surface area contributed by atoms with Crippen molar-refractivity contribution in [3.05, 3.63) is 104 Å². The van der Waals surface area contributed by atoms with E-state index in [0.717, 1.165) is 0 Å². The molecule has 0 saturated carbocycles. The van der Waals surface area contributed by atoms with E-state index in [2.05, 4.69) is 31.9 Å². The molecule has 0 aliphatic heterocycles. The molecule has 30 heavy (non-hydrogen) atoms. The van der Waals surface area contributed by atoms with Crippen molar-refractivity contribution in [2.24, 2.45) is 5.92 Å². The van der Waals surface area contributed by atoms with Crippen molar-refractivity contribution in [3.8, 4) is 0 Å². The molecule has 0 amide bonds. The van der Waals surface area contributed by atoms with Crippen molar-refractivity contribution in [2.75, 3.05) is 7.11 Å². The van der Waals surface area contributed by atoms with E-state index >= 15 is 0 Å². The molecule has 0 saturated heterocycles. The maximum atomic E-state index is 13.7. The van der Waals surface area contributed by atoms with Crippen LogP contribution in [-0.2, 0) is 9.53 Å². The average Bonchev–Trinajstić information content (AvgIpc) is 2.77. The smallest absolute Gasteiger partial charge is 0.314 e. The molecule has 3 aromatic rings. The molecule has 0 aliphatic carbocycles. The summed E-state index contributed by atoms with van der Waals surface area (Å²) in [5.74, 6) is -3.94. The number of halogens is 2. The highest BCUT2D eigenvalue weighted by Gasteiger charge is 2.42. The Morgan fingerprint density at radius 3 is 1.57 bits per heavy atom. The number of carbonyl (C=O) groups is 3. The molecule has 4 nitrogen and oxygen atoms in total. The first-order valence-corrected chi connectivity index (χ1v) is 10.7. The van der Waals surface area contributed by atoms with Crippen LogP contribution in [0.25, 0.3) is 0 Å². The second-order valence-corrected chi connectivity index (χ2v) is 8.29. The molecule has 0 aliphatic rings. The third-order valence-corrected chi connectivity index (χ3v) is 6.17. The summed E-state index contributed by atoms with van der Waals surface area (Å²) >= 11 is 6.77. The Kier molecular flexibility index (Phi) is 7.34. The van der Waals surface area contributed by atoms with Crippen LogP contribution in [0.2, 0.25) is 0 Å². The molecule has 0 radical (unpaired) electrons. The average molecular weight is 530 g/mol. The molecule has 0 aromatic heterocycles. The van der Waals surface area contributed by atoms with Gasteiger partial charge in [0, 0.05) is 20.1 Å². The van der Waals surface area contributed by atoms with Crippen LogP contribution in [0, 0.1) is 5.92 Å². The van der Waals surface area contributed by atoms with Crippen LogP contribution in [0.3, 0.4) is 0 Å². The van der Waals surface area contributed by atoms with Gasteiger partial charge in [0.1, 0.15) is 5.92 Å². The topological polar surface area (TPSA) is 60.4 Å². The molecular formula is C24H18Br2O4. The normalized spacial score (nSPS) is 11.7. The lowest BCUT2D eigenvalue weighted by atomic mass is 9.77. The first-order valence-electron chi connectivity index (χ1n) is 9.16. The zero-order valence-corrected chi connectivity index (χ0v) is 19.2. The van der Waals surface area contributed by atoms with Gasteiger partial charge in [-0.1, -0.05) is 98.6 Å². The molecule has 0 fully saturated rings. The number of hydrogen-bond donors (Lipinski definition) is 0. The maximum Gasteiger partial charge on any atom is 0.314 e. The standard InChI is InChI=1S/C24H18Br2O4/c1-30-24(29)20(15-9-3-2-4-10-15)21(22(27)16-11-5-7-13-18(16)25)23(28)17-12-6-8-14-19(17)26/h2-14,20-21H,1H3. The summed E-state index contributed by atoms with van der Waals surface area (Å²) in [4.78, 5) is 40.2. The Hall–Kier alpha value is -2.57. The van der Waals surface area contributed by atoms with E-state index < -0.39 is 29.4 Å². The highest BCUT2D eigenvalue weighted by Crippen LogP contribution is 2.35. The number of benzene rings is 3. The number of carbonyl (C=O) groups excluding carboxylic acids is 3. The third kappa shape index (κ3) is 4.60. The third-order valence-electron chi connectivity index (χ3n) is 4.79. The Morgan fingerprint density at radius 2 is 1.13 bits per heavy atom. The Morgan fingerprint density at radius 1 is 0.700 bits per heavy atom. The fourth-order valence-electron chi connectivity index (χ4n) is 3.33. The zero-order chi connectivity index (χ0) is 21.7. The van der Waals surface area contributed by atoms with Gasteiger partial charge in [-0.15, -0.1) is 0 Å². The molecular weight excluding hydrogens is 512 g/mol. The van der Waals surface area contributed by atoms with Gasteiger partial charge in [-0.3, -0.25) is 14.4 Å². The van der Waals surface area contributed by atoms with Crippen LogP contribution in [0.15, 0.2) is 87.8 Å². The molecule has 0 spiro atoms. The predicted molar refractivity (Wildman–Crippen MR) is 122 cm³/mol. The fourth-order valence-corrected chi connectivity index (χ4v) is 4.29. The number of esters is 1. The van der Waals surface area contributed by atoms with Crippen LogP contribution in [-0.4, -0.2) is 24.6 Å². The van der Waals surface area contributed by atoms with Gasteiger partial charge in [-0.25, -0.2) is 0 Å². The van der Waals surface area contributed by atoms with Crippen molar-refractivity contribution in [1.82, 2.24) is 0 Å². The molecule has 152 valence electrons. The highest BCUT2D eigenvalue weighted by atomic mass is 79.9. The van der Waals surface area contributed by atoms with Gasteiger partial charge < -0.3 is 4.74 Å². The molecule has 1 atom stereocenters. The number of hydrogen-bond acceptors (Lipinski definition) is 4. The number of rotatable bonds is 7. The van der Waals surface area contributed by atoms with Crippen LogP contribution < -0.4 is 0 Å². The second-order valence-electron chi connectivity index (χ2n) is 6.58. The van der Waals surface area contributed by atoms with Gasteiger partial charge in [-0.2, -0.15) is 0 Å². The Labute approximate surface area is 191 Å². The Bertz CT molecular complexity index is 1020. The van der Waals surface area contributed by atoms with E-state index in [0.29, 0.717) is 25.6 Å². The minimum atomic E-state index is -1.29. The van der Waals surface area contributed by atoms with Gasteiger partial charge in [0.15, 0.2) is 11.6 Å². The lowest BCUT2D eigenvalue weighted by molar-refractivity contribution is -0.143. The molecule has 0 bridgehead atoms. The van der Waals surface area contributed by atoms with E-state index in [4.69, 9.17) is 4.74 Å². The number of methoxy groups -OCH3 is 1. The molecule has 1 unspecified atom stereocenters. The van der Waals surface area contributed by atoms with Crippen LogP contribution in [0.4, 0.5) is 0 Å². The number of ether oxygens (including phenoxy) is 1. The van der Waals surface area contributed by atoms with Crippen molar-refractivity contribution < 1.29 is 19.1 Å². The lowest BCUT2D eigenvalue weighted by Gasteiger charge is -2.24. The van der Waals surface area contributed by atoms with Gasteiger partial charge in [0.25, 0.3) is 0 Å². The van der Waals surface area contributed by atoms with E-state index in [1.165, 1.54) is 7.11 Å². The van der Waals surface area contributed by atoms with E-state index in [1.54, 1.807) is 78.9 Å². The van der Waals surface area contributed by atoms with Crippen molar-refractivity contribution in [3.63, 3.8) is 0 Å². The first-order chi connectivity index (χ1) is 14.5. The summed E-state index contributed by atoms with van der Waals surface area (Å²) in [6, 6.07) is 22.5. The monoisotopic (exact) mass is 528 g/mol. The molecule has 0 N–H and O–H groups in total. The van der Waals surface area contributed by atoms with Crippen molar-refractivity contribution >= 4 is 49.4 Å². The van der Waals surface area contributed by atoms with Crippen LogP contribution >= 0.6 is 31.9 Å². The summed E-state index contributed by atoms with van der Waals surface area (Å²) < 4.78 is 6.12. The number of ketones is 2. The highest BCUT2D eigenvalue weighted by molar-refractivity contribution is 9.10. The fraction of sp³-hybridized carbons (Fsp3) is 0.125. The van der Waals surface area contributed by atoms with E-state index in [1.807, 2.05) is 0 Å². The summed E-state index contributed by atoms with van der Waals surface area (Å²) in [7, 11) is 1.25. The molecule has 3 rings (SSSR count). The summed E-state index contributed by atoms with van der Waals surface area (Å²) in [6.45, 7) is 0. The zero-order valence-electron chi connectivity index (χ0n) is 16.0. The van der Waals surface area contributed by atoms with Gasteiger partial charge in [-0.05, 0) is 17.7 Å². The SMILES string of the molecule is COC(=O)C(c1ccccc1)C(C(=O)c1ccccc1Br)C(=O)c1ccccc1Br. The Balaban J connectivity index is 2.21. The van der Waals surface area contributed by atoms with Crippen molar-refractivity contribution in [1.29, 1.82) is 0 Å². The summed E-state index contributed by atoms with van der Waals surface area (Å²) in [5, 5.41) is 0. The number of Topliss-reactive ketones (excluding diaryl/α,β-unsaturated/α-hetero) is 2. The predicted octanol–water partition coefficient (Wildman–Crippen LogP) is 5.85. The first kappa shape index (κ1) is 22.1. The second kappa shape index (κ2) is 9.96. The van der Waals surface area contributed by atoms with E-state index in [-0.39, 0.29) is 0 Å².